The molecule has 19 heavy (non-hydrogen) atoms. The number of carbonyl (C=O) groups is 2. The maximum atomic E-state index is 11.5. The molecule has 1 rings (SSSR count). The maximum Gasteiger partial charge on any atom is 0.325 e. The summed E-state index contributed by atoms with van der Waals surface area (Å²) in [6, 6.07) is 7.43. The first-order valence-corrected chi connectivity index (χ1v) is 6.05. The predicted octanol–water partition coefficient (Wildman–Crippen LogP) is 1.69. The normalized spacial score (nSPS) is 10.9. The van der Waals surface area contributed by atoms with Crippen LogP contribution in [0.2, 0.25) is 0 Å². The van der Waals surface area contributed by atoms with E-state index in [2.05, 4.69) is 10.6 Å². The summed E-state index contributed by atoms with van der Waals surface area (Å²) in [5.74, 6) is -0.403. The second kappa shape index (κ2) is 6.33. The number of carbonyl (C=O) groups excluding carboxylic acids is 2. The molecule has 5 heteroatoms. The summed E-state index contributed by atoms with van der Waals surface area (Å²) in [6.45, 7) is 5.55. The molecule has 0 saturated carbocycles. The Morgan fingerprint density at radius 1 is 1.21 bits per heavy atom. The highest BCUT2D eigenvalue weighted by molar-refractivity contribution is 5.88. The third kappa shape index (κ3) is 4.71. The number of benzene rings is 1. The van der Waals surface area contributed by atoms with Crippen LogP contribution in [-0.4, -0.2) is 24.5 Å². The van der Waals surface area contributed by atoms with Gasteiger partial charge in [-0.1, -0.05) is 12.1 Å². The largest absolute Gasteiger partial charge is 0.468 e. The Morgan fingerprint density at radius 2 is 1.79 bits per heavy atom. The number of nitrogens with one attached hydrogen (secondary N) is 2. The zero-order chi connectivity index (χ0) is 14.5. The Labute approximate surface area is 113 Å². The minimum atomic E-state index is -0.731. The average Bonchev–Trinajstić information content (AvgIpc) is 2.36. The molecule has 0 unspecified atom stereocenters. The molecule has 0 saturated heterocycles. The van der Waals surface area contributed by atoms with Crippen LogP contribution in [0.15, 0.2) is 24.3 Å². The van der Waals surface area contributed by atoms with E-state index in [1.165, 1.54) is 14.0 Å². The van der Waals surface area contributed by atoms with Gasteiger partial charge >= 0.3 is 5.97 Å². The van der Waals surface area contributed by atoms with Gasteiger partial charge in [0, 0.05) is 19.2 Å². The van der Waals surface area contributed by atoms with E-state index >= 15 is 0 Å². The Kier molecular flexibility index (Phi) is 5.06. The van der Waals surface area contributed by atoms with Crippen LogP contribution in [0.4, 0.5) is 5.69 Å². The predicted molar refractivity (Wildman–Crippen MR) is 73.7 cm³/mol. The number of ether oxygens (including phenoxy) is 1. The number of hydrogen-bond donors (Lipinski definition) is 2. The molecule has 0 heterocycles. The van der Waals surface area contributed by atoms with Crippen molar-refractivity contribution in [3.8, 4) is 0 Å². The zero-order valence-corrected chi connectivity index (χ0v) is 11.7. The van der Waals surface area contributed by atoms with E-state index in [-0.39, 0.29) is 11.9 Å². The molecule has 0 atom stereocenters. The van der Waals surface area contributed by atoms with Gasteiger partial charge < -0.3 is 10.1 Å². The topological polar surface area (TPSA) is 67.4 Å². The summed E-state index contributed by atoms with van der Waals surface area (Å²) in [5.41, 5.74) is 1.04. The van der Waals surface area contributed by atoms with Crippen molar-refractivity contribution in [3.05, 3.63) is 29.8 Å². The molecule has 1 aromatic rings. The summed E-state index contributed by atoms with van der Waals surface area (Å²) in [5, 5.41) is 5.82. The van der Waals surface area contributed by atoms with Gasteiger partial charge in [-0.3, -0.25) is 14.9 Å². The van der Waals surface area contributed by atoms with Crippen molar-refractivity contribution in [1.82, 2.24) is 5.32 Å². The van der Waals surface area contributed by atoms with Gasteiger partial charge in [-0.25, -0.2) is 0 Å². The second-order valence-corrected chi connectivity index (χ2v) is 4.85. The van der Waals surface area contributed by atoms with E-state index in [1.807, 2.05) is 24.3 Å². The van der Waals surface area contributed by atoms with Gasteiger partial charge in [0.25, 0.3) is 0 Å². The van der Waals surface area contributed by atoms with Crippen molar-refractivity contribution < 1.29 is 14.3 Å². The minimum absolute atomic E-state index is 0.0994. The van der Waals surface area contributed by atoms with Crippen LogP contribution in [0.5, 0.6) is 0 Å². The molecule has 1 amide bonds. The number of rotatable bonds is 5. The fourth-order valence-corrected chi connectivity index (χ4v) is 1.56. The Morgan fingerprint density at radius 3 is 2.26 bits per heavy atom. The summed E-state index contributed by atoms with van der Waals surface area (Å²) < 4.78 is 4.72. The van der Waals surface area contributed by atoms with E-state index in [4.69, 9.17) is 4.74 Å². The first-order valence-electron chi connectivity index (χ1n) is 6.05. The molecule has 0 radical (unpaired) electrons. The van der Waals surface area contributed by atoms with Gasteiger partial charge in [-0.05, 0) is 31.5 Å². The molecule has 0 aliphatic heterocycles. The van der Waals surface area contributed by atoms with Crippen molar-refractivity contribution in [2.45, 2.75) is 32.9 Å². The van der Waals surface area contributed by atoms with Crippen LogP contribution in [0.1, 0.15) is 26.3 Å². The smallest absolute Gasteiger partial charge is 0.325 e. The molecule has 0 aliphatic rings. The lowest BCUT2D eigenvalue weighted by molar-refractivity contribution is -0.147. The van der Waals surface area contributed by atoms with E-state index < -0.39 is 5.54 Å². The van der Waals surface area contributed by atoms with E-state index in [0.29, 0.717) is 6.54 Å². The van der Waals surface area contributed by atoms with Crippen molar-refractivity contribution >= 4 is 17.6 Å². The highest BCUT2D eigenvalue weighted by atomic mass is 16.5. The van der Waals surface area contributed by atoms with Crippen LogP contribution in [0, 0.1) is 0 Å². The Hall–Kier alpha value is -1.88. The fourth-order valence-electron chi connectivity index (χ4n) is 1.56. The lowest BCUT2D eigenvalue weighted by atomic mass is 10.1. The molecule has 0 aromatic heterocycles. The molecule has 5 nitrogen and oxygen atoms in total. The van der Waals surface area contributed by atoms with Crippen molar-refractivity contribution in [2.24, 2.45) is 0 Å². The molecular weight excluding hydrogens is 244 g/mol. The Balaban J connectivity index is 2.59. The molecule has 2 N–H and O–H groups in total. The molecule has 104 valence electrons. The number of hydrogen-bond acceptors (Lipinski definition) is 4. The SMILES string of the molecule is COC(=O)C(C)(C)NCc1ccc(NC(C)=O)cc1. The summed E-state index contributed by atoms with van der Waals surface area (Å²) in [4.78, 5) is 22.4. The van der Waals surface area contributed by atoms with Gasteiger partial charge in [-0.2, -0.15) is 0 Å². The number of anilines is 1. The standard InChI is InChI=1S/C14H20N2O3/c1-10(17)16-12-7-5-11(6-8-12)9-15-14(2,3)13(18)19-4/h5-8,15H,9H2,1-4H3,(H,16,17). The Bertz CT molecular complexity index is 452. The lowest BCUT2D eigenvalue weighted by Crippen LogP contribution is -2.46. The molecule has 0 spiro atoms. The molecular formula is C14H20N2O3. The number of amides is 1. The zero-order valence-electron chi connectivity index (χ0n) is 11.7. The van der Waals surface area contributed by atoms with E-state index in [9.17, 15) is 9.59 Å². The highest BCUT2D eigenvalue weighted by Gasteiger charge is 2.27. The van der Waals surface area contributed by atoms with E-state index in [0.717, 1.165) is 11.3 Å². The molecule has 0 aliphatic carbocycles. The maximum absolute atomic E-state index is 11.5. The van der Waals surface area contributed by atoms with Crippen LogP contribution in [0.25, 0.3) is 0 Å². The van der Waals surface area contributed by atoms with Crippen LogP contribution in [0.3, 0.4) is 0 Å². The van der Waals surface area contributed by atoms with Crippen LogP contribution >= 0.6 is 0 Å². The summed E-state index contributed by atoms with van der Waals surface area (Å²) in [7, 11) is 1.37. The molecule has 0 bridgehead atoms. The van der Waals surface area contributed by atoms with Gasteiger partial charge in [-0.15, -0.1) is 0 Å². The quantitative estimate of drug-likeness (QED) is 0.794. The van der Waals surface area contributed by atoms with Gasteiger partial charge in [0.2, 0.25) is 5.91 Å². The first-order chi connectivity index (χ1) is 8.85. The summed E-state index contributed by atoms with van der Waals surface area (Å²) >= 11 is 0. The van der Waals surface area contributed by atoms with Crippen molar-refractivity contribution in [2.75, 3.05) is 12.4 Å². The van der Waals surface area contributed by atoms with Crippen molar-refractivity contribution in [3.63, 3.8) is 0 Å². The lowest BCUT2D eigenvalue weighted by Gasteiger charge is -2.23. The third-order valence-electron chi connectivity index (χ3n) is 2.70. The number of methoxy groups -OCH3 is 1. The minimum Gasteiger partial charge on any atom is -0.468 e. The molecule has 0 fully saturated rings. The average molecular weight is 264 g/mol. The van der Waals surface area contributed by atoms with Crippen LogP contribution < -0.4 is 10.6 Å². The van der Waals surface area contributed by atoms with E-state index in [1.54, 1.807) is 13.8 Å². The third-order valence-corrected chi connectivity index (χ3v) is 2.70. The van der Waals surface area contributed by atoms with Gasteiger partial charge in [0.05, 0.1) is 7.11 Å². The van der Waals surface area contributed by atoms with Crippen LogP contribution in [-0.2, 0) is 20.9 Å². The first kappa shape index (κ1) is 15.2. The van der Waals surface area contributed by atoms with Crippen molar-refractivity contribution in [1.29, 1.82) is 0 Å². The second-order valence-electron chi connectivity index (χ2n) is 4.85. The fraction of sp³-hybridized carbons (Fsp3) is 0.429. The highest BCUT2D eigenvalue weighted by Crippen LogP contribution is 2.11. The molecule has 1 aromatic carbocycles. The van der Waals surface area contributed by atoms with Gasteiger partial charge in [0.1, 0.15) is 5.54 Å². The van der Waals surface area contributed by atoms with Gasteiger partial charge in [0.15, 0.2) is 0 Å². The summed E-state index contributed by atoms with van der Waals surface area (Å²) in [6.07, 6.45) is 0. The number of esters is 1. The monoisotopic (exact) mass is 264 g/mol.